The first kappa shape index (κ1) is 22.8. The number of anilines is 2. The molecule has 3 aromatic carbocycles. The van der Waals surface area contributed by atoms with Crippen molar-refractivity contribution in [2.75, 3.05) is 15.9 Å². The molecule has 1 heterocycles. The third-order valence-corrected chi connectivity index (χ3v) is 7.31. The van der Waals surface area contributed by atoms with Crippen LogP contribution in [0.25, 0.3) is 10.2 Å². The van der Waals surface area contributed by atoms with Gasteiger partial charge in [0, 0.05) is 17.8 Å². The summed E-state index contributed by atoms with van der Waals surface area (Å²) in [6, 6.07) is 21.1. The molecule has 0 spiro atoms. The molecule has 1 N–H and O–H groups in total. The predicted octanol–water partition coefficient (Wildman–Crippen LogP) is 4.30. The normalized spacial score (nSPS) is 11.5. The van der Waals surface area contributed by atoms with Crippen molar-refractivity contribution in [3.8, 4) is 0 Å². The molecule has 170 valence electrons. The molecule has 0 aliphatic carbocycles. The third-order valence-electron chi connectivity index (χ3n) is 5.23. The Balaban J connectivity index is 1.50. The molecule has 7 nitrogen and oxygen atoms in total. The Morgan fingerprint density at radius 3 is 2.36 bits per heavy atom. The molecule has 0 aliphatic rings. The quantitative estimate of drug-likeness (QED) is 0.426. The SMILES string of the molecule is CCn1c(=O)sc2cc(NC(=O)c3ccc(CN(c4ccccc4)S(C)(=O)=O)cc3)ccc21. The third kappa shape index (κ3) is 4.99. The first-order chi connectivity index (χ1) is 15.8. The zero-order valence-electron chi connectivity index (χ0n) is 18.2. The van der Waals surface area contributed by atoms with Gasteiger partial charge < -0.3 is 5.32 Å². The summed E-state index contributed by atoms with van der Waals surface area (Å²) in [5, 5.41) is 2.86. The van der Waals surface area contributed by atoms with E-state index in [1.807, 2.05) is 19.1 Å². The van der Waals surface area contributed by atoms with Crippen LogP contribution in [-0.2, 0) is 23.1 Å². The maximum Gasteiger partial charge on any atom is 0.308 e. The average molecular weight is 482 g/mol. The van der Waals surface area contributed by atoms with E-state index in [0.29, 0.717) is 23.5 Å². The van der Waals surface area contributed by atoms with Gasteiger partial charge in [0.1, 0.15) is 0 Å². The van der Waals surface area contributed by atoms with Crippen molar-refractivity contribution in [2.24, 2.45) is 0 Å². The van der Waals surface area contributed by atoms with Crippen molar-refractivity contribution in [1.82, 2.24) is 4.57 Å². The lowest BCUT2D eigenvalue weighted by molar-refractivity contribution is 0.102. The number of carbonyl (C=O) groups is 1. The van der Waals surface area contributed by atoms with E-state index >= 15 is 0 Å². The number of carbonyl (C=O) groups excluding carboxylic acids is 1. The molecule has 0 fully saturated rings. The highest BCUT2D eigenvalue weighted by molar-refractivity contribution is 7.92. The number of rotatable bonds is 7. The minimum Gasteiger partial charge on any atom is -0.322 e. The summed E-state index contributed by atoms with van der Waals surface area (Å²) in [4.78, 5) is 24.7. The van der Waals surface area contributed by atoms with Gasteiger partial charge in [0.2, 0.25) is 10.0 Å². The number of para-hydroxylation sites is 1. The summed E-state index contributed by atoms with van der Waals surface area (Å²) < 4.78 is 28.4. The predicted molar refractivity (Wildman–Crippen MR) is 134 cm³/mol. The average Bonchev–Trinajstić information content (AvgIpc) is 3.11. The van der Waals surface area contributed by atoms with Crippen LogP contribution in [0.3, 0.4) is 0 Å². The molecule has 0 aliphatic heterocycles. The highest BCUT2D eigenvalue weighted by Gasteiger charge is 2.18. The van der Waals surface area contributed by atoms with E-state index in [4.69, 9.17) is 0 Å². The van der Waals surface area contributed by atoms with Gasteiger partial charge >= 0.3 is 4.87 Å². The number of hydrogen-bond donors (Lipinski definition) is 1. The molecule has 0 atom stereocenters. The summed E-state index contributed by atoms with van der Waals surface area (Å²) in [6.45, 7) is 2.68. The van der Waals surface area contributed by atoms with Crippen LogP contribution in [0.15, 0.2) is 77.6 Å². The van der Waals surface area contributed by atoms with Gasteiger partial charge in [-0.15, -0.1) is 0 Å². The van der Waals surface area contributed by atoms with Crippen LogP contribution in [0.5, 0.6) is 0 Å². The topological polar surface area (TPSA) is 88.5 Å². The molecule has 4 aromatic rings. The van der Waals surface area contributed by atoms with Crippen molar-refractivity contribution in [2.45, 2.75) is 20.0 Å². The second kappa shape index (κ2) is 9.21. The van der Waals surface area contributed by atoms with Gasteiger partial charge in [-0.2, -0.15) is 0 Å². The molecule has 0 bridgehead atoms. The second-order valence-corrected chi connectivity index (χ2v) is 10.5. The van der Waals surface area contributed by atoms with Gasteiger partial charge in [-0.05, 0) is 55.0 Å². The highest BCUT2D eigenvalue weighted by Crippen LogP contribution is 2.23. The Hall–Kier alpha value is -3.43. The van der Waals surface area contributed by atoms with Crippen molar-refractivity contribution in [3.05, 3.63) is 93.6 Å². The molecular weight excluding hydrogens is 458 g/mol. The Bertz CT molecular complexity index is 1460. The van der Waals surface area contributed by atoms with Crippen LogP contribution in [0.4, 0.5) is 11.4 Å². The number of nitrogens with one attached hydrogen (secondary N) is 1. The van der Waals surface area contributed by atoms with Gasteiger partial charge in [-0.3, -0.25) is 18.5 Å². The Morgan fingerprint density at radius 1 is 1.03 bits per heavy atom. The van der Waals surface area contributed by atoms with Gasteiger partial charge in [0.15, 0.2) is 0 Å². The molecular formula is C24H23N3O4S2. The fraction of sp³-hybridized carbons (Fsp3) is 0.167. The maximum atomic E-state index is 12.7. The van der Waals surface area contributed by atoms with E-state index in [1.165, 1.54) is 10.6 Å². The number of sulfonamides is 1. The number of aromatic nitrogens is 1. The van der Waals surface area contributed by atoms with Crippen LogP contribution in [0.1, 0.15) is 22.8 Å². The number of hydrogen-bond acceptors (Lipinski definition) is 5. The number of benzene rings is 3. The first-order valence-corrected chi connectivity index (χ1v) is 13.0. The summed E-state index contributed by atoms with van der Waals surface area (Å²) in [5.74, 6) is -0.286. The maximum absolute atomic E-state index is 12.7. The van der Waals surface area contributed by atoms with Crippen LogP contribution >= 0.6 is 11.3 Å². The Labute approximate surface area is 196 Å². The van der Waals surface area contributed by atoms with Gasteiger partial charge in [0.25, 0.3) is 5.91 Å². The number of amides is 1. The molecule has 0 saturated carbocycles. The van der Waals surface area contributed by atoms with Crippen molar-refractivity contribution >= 4 is 48.9 Å². The molecule has 0 radical (unpaired) electrons. The fourth-order valence-corrected chi connectivity index (χ4v) is 5.45. The smallest absolute Gasteiger partial charge is 0.308 e. The van der Waals surface area contributed by atoms with Gasteiger partial charge in [-0.25, -0.2) is 8.42 Å². The Morgan fingerprint density at radius 2 is 1.73 bits per heavy atom. The van der Waals surface area contributed by atoms with Crippen molar-refractivity contribution in [1.29, 1.82) is 0 Å². The second-order valence-electron chi connectivity index (χ2n) is 7.55. The van der Waals surface area contributed by atoms with Crippen LogP contribution in [0, 0.1) is 0 Å². The summed E-state index contributed by atoms with van der Waals surface area (Å²) >= 11 is 1.15. The van der Waals surface area contributed by atoms with E-state index < -0.39 is 10.0 Å². The van der Waals surface area contributed by atoms with Gasteiger partial charge in [0.05, 0.1) is 28.7 Å². The number of thiazole rings is 1. The molecule has 1 amide bonds. The number of fused-ring (bicyclic) bond motifs is 1. The molecule has 0 unspecified atom stereocenters. The van der Waals surface area contributed by atoms with Crippen molar-refractivity contribution in [3.63, 3.8) is 0 Å². The molecule has 1 aromatic heterocycles. The number of aryl methyl sites for hydroxylation is 1. The summed E-state index contributed by atoms with van der Waals surface area (Å²) in [7, 11) is -3.47. The molecule has 4 rings (SSSR count). The Kier molecular flexibility index (Phi) is 6.35. The minimum absolute atomic E-state index is 0.0230. The molecule has 33 heavy (non-hydrogen) atoms. The lowest BCUT2D eigenvalue weighted by Gasteiger charge is -2.22. The van der Waals surface area contributed by atoms with Crippen LogP contribution in [-0.4, -0.2) is 25.1 Å². The standard InChI is InChI=1S/C24H23N3O4S2/c1-3-26-21-14-13-19(15-22(21)32-24(26)29)25-23(28)18-11-9-17(10-12-18)16-27(33(2,30)31)20-7-5-4-6-8-20/h4-15H,3,16H2,1-2H3,(H,25,28). The van der Waals surface area contributed by atoms with Crippen molar-refractivity contribution < 1.29 is 13.2 Å². The zero-order valence-corrected chi connectivity index (χ0v) is 19.8. The molecule has 9 heteroatoms. The highest BCUT2D eigenvalue weighted by atomic mass is 32.2. The molecule has 0 saturated heterocycles. The van der Waals surface area contributed by atoms with E-state index in [1.54, 1.807) is 65.2 Å². The van der Waals surface area contributed by atoms with Crippen LogP contribution in [0.2, 0.25) is 0 Å². The number of nitrogens with zero attached hydrogens (tertiary/aromatic N) is 2. The van der Waals surface area contributed by atoms with E-state index in [9.17, 15) is 18.0 Å². The van der Waals surface area contributed by atoms with E-state index in [-0.39, 0.29) is 17.3 Å². The lowest BCUT2D eigenvalue weighted by atomic mass is 10.1. The zero-order chi connectivity index (χ0) is 23.6. The van der Waals surface area contributed by atoms with E-state index in [2.05, 4.69) is 5.32 Å². The summed E-state index contributed by atoms with van der Waals surface area (Å²) in [5.41, 5.74) is 3.24. The minimum atomic E-state index is -3.47. The van der Waals surface area contributed by atoms with E-state index in [0.717, 1.165) is 27.1 Å². The van der Waals surface area contributed by atoms with Crippen LogP contribution < -0.4 is 14.5 Å². The monoisotopic (exact) mass is 481 g/mol. The largest absolute Gasteiger partial charge is 0.322 e. The lowest BCUT2D eigenvalue weighted by Crippen LogP contribution is -2.29. The fourth-order valence-electron chi connectivity index (χ4n) is 3.57. The summed E-state index contributed by atoms with van der Waals surface area (Å²) in [6.07, 6.45) is 1.17. The van der Waals surface area contributed by atoms with Gasteiger partial charge in [-0.1, -0.05) is 41.7 Å². The first-order valence-electron chi connectivity index (χ1n) is 10.3.